The number of carbonyl (C=O) groups is 1. The van der Waals surface area contributed by atoms with E-state index >= 15 is 0 Å². The van der Waals surface area contributed by atoms with Gasteiger partial charge in [0.1, 0.15) is 0 Å². The normalized spacial score (nSPS) is 12.1. The highest BCUT2D eigenvalue weighted by atomic mass is 16.1. The van der Waals surface area contributed by atoms with Crippen LogP contribution in [0.2, 0.25) is 0 Å². The van der Waals surface area contributed by atoms with Gasteiger partial charge in [-0.1, -0.05) is 0 Å². The molecule has 1 heterocycles. The highest BCUT2D eigenvalue weighted by molar-refractivity contribution is 5.80. The minimum atomic E-state index is -0.525. The fraction of sp³-hybridized carbons (Fsp3) is 0.667. The zero-order valence-electron chi connectivity index (χ0n) is 11.0. The maximum absolute atomic E-state index is 11.2. The minimum absolute atomic E-state index is 0.289. The number of hydrogen-bond donors (Lipinski definition) is 2. The lowest BCUT2D eigenvalue weighted by Gasteiger charge is -2.21. The van der Waals surface area contributed by atoms with Crippen LogP contribution >= 0.6 is 0 Å². The third-order valence-corrected chi connectivity index (χ3v) is 2.84. The number of hydrogen-bond acceptors (Lipinski definition) is 3. The first kappa shape index (κ1) is 13.7. The van der Waals surface area contributed by atoms with Crippen LogP contribution in [0.3, 0.4) is 0 Å². The van der Waals surface area contributed by atoms with E-state index in [4.69, 9.17) is 5.73 Å². The van der Waals surface area contributed by atoms with Crippen molar-refractivity contribution in [3.8, 4) is 0 Å². The Kier molecular flexibility index (Phi) is 4.28. The first-order valence-electron chi connectivity index (χ1n) is 5.86. The molecule has 0 saturated carbocycles. The summed E-state index contributed by atoms with van der Waals surface area (Å²) in [6, 6.07) is 0.387. The molecule has 3 N–H and O–H groups in total. The van der Waals surface area contributed by atoms with Gasteiger partial charge in [0.15, 0.2) is 0 Å². The van der Waals surface area contributed by atoms with Crippen molar-refractivity contribution in [2.45, 2.75) is 40.3 Å². The number of aromatic nitrogens is 2. The average Bonchev–Trinajstić information content (AvgIpc) is 2.65. The molecule has 1 aromatic heterocycles. The number of carbonyl (C=O) groups excluding carboxylic acids is 1. The number of nitrogens with two attached hydrogens (primary N) is 1. The summed E-state index contributed by atoms with van der Waals surface area (Å²) >= 11 is 0. The van der Waals surface area contributed by atoms with Crippen molar-refractivity contribution in [3.63, 3.8) is 0 Å². The Bertz CT molecular complexity index is 382. The van der Waals surface area contributed by atoms with Crippen LogP contribution < -0.4 is 11.1 Å². The maximum atomic E-state index is 11.2. The molecule has 5 nitrogen and oxygen atoms in total. The second-order valence-corrected chi connectivity index (χ2v) is 5.24. The Labute approximate surface area is 102 Å². The van der Waals surface area contributed by atoms with E-state index in [2.05, 4.69) is 28.7 Å². The Hall–Kier alpha value is -1.36. The summed E-state index contributed by atoms with van der Waals surface area (Å²) in [7, 11) is 0. The van der Waals surface area contributed by atoms with E-state index < -0.39 is 5.41 Å². The molecule has 96 valence electrons. The van der Waals surface area contributed by atoms with Crippen LogP contribution in [0.5, 0.6) is 0 Å². The summed E-state index contributed by atoms with van der Waals surface area (Å²) in [5.41, 5.74) is 5.90. The van der Waals surface area contributed by atoms with Gasteiger partial charge in [-0.2, -0.15) is 0 Å². The van der Waals surface area contributed by atoms with Crippen LogP contribution in [0, 0.1) is 5.41 Å². The highest BCUT2D eigenvalue weighted by Crippen LogP contribution is 2.13. The molecular formula is C12H22N4O. The summed E-state index contributed by atoms with van der Waals surface area (Å²) in [6.07, 6.45) is 3.66. The van der Waals surface area contributed by atoms with Crippen LogP contribution in [0.15, 0.2) is 12.5 Å². The van der Waals surface area contributed by atoms with Crippen LogP contribution in [-0.4, -0.2) is 22.0 Å². The van der Waals surface area contributed by atoms with E-state index in [1.807, 2.05) is 26.4 Å². The second-order valence-electron chi connectivity index (χ2n) is 5.24. The first-order valence-corrected chi connectivity index (χ1v) is 5.86. The van der Waals surface area contributed by atoms with E-state index in [1.165, 1.54) is 0 Å². The summed E-state index contributed by atoms with van der Waals surface area (Å²) in [4.78, 5) is 15.3. The summed E-state index contributed by atoms with van der Waals surface area (Å²) in [5, 5.41) is 3.24. The molecule has 0 aromatic carbocycles. The quantitative estimate of drug-likeness (QED) is 0.778. The van der Waals surface area contributed by atoms with Crippen LogP contribution in [0.1, 0.15) is 39.4 Å². The third-order valence-electron chi connectivity index (χ3n) is 2.84. The summed E-state index contributed by atoms with van der Waals surface area (Å²) in [5.74, 6) is -0.289. The topological polar surface area (TPSA) is 72.9 Å². The van der Waals surface area contributed by atoms with Gasteiger partial charge in [-0.3, -0.25) is 4.79 Å². The van der Waals surface area contributed by atoms with E-state index in [0.717, 1.165) is 5.69 Å². The van der Waals surface area contributed by atoms with Gasteiger partial charge in [-0.25, -0.2) is 4.98 Å². The predicted octanol–water partition coefficient (Wildman–Crippen LogP) is 1.07. The van der Waals surface area contributed by atoms with Crippen LogP contribution in [0.4, 0.5) is 0 Å². The maximum Gasteiger partial charge on any atom is 0.224 e. The van der Waals surface area contributed by atoms with E-state index in [1.54, 1.807) is 0 Å². The Balaban J connectivity index is 2.52. The monoisotopic (exact) mass is 238 g/mol. The van der Waals surface area contributed by atoms with Crippen LogP contribution in [-0.2, 0) is 11.3 Å². The molecule has 1 amide bonds. The summed E-state index contributed by atoms with van der Waals surface area (Å²) < 4.78 is 2.10. The van der Waals surface area contributed by atoms with Gasteiger partial charge >= 0.3 is 0 Å². The number of nitrogens with one attached hydrogen (secondary N) is 1. The molecule has 0 bridgehead atoms. The molecule has 1 aromatic rings. The molecule has 0 atom stereocenters. The van der Waals surface area contributed by atoms with Crippen molar-refractivity contribution in [2.24, 2.45) is 11.1 Å². The van der Waals surface area contributed by atoms with Crippen molar-refractivity contribution < 1.29 is 4.79 Å². The van der Waals surface area contributed by atoms with E-state index in [0.29, 0.717) is 19.1 Å². The van der Waals surface area contributed by atoms with Crippen molar-refractivity contribution >= 4 is 5.91 Å². The molecule has 0 aliphatic rings. The lowest BCUT2D eigenvalue weighted by molar-refractivity contribution is -0.125. The predicted molar refractivity (Wildman–Crippen MR) is 67.3 cm³/mol. The lowest BCUT2D eigenvalue weighted by atomic mass is 9.93. The van der Waals surface area contributed by atoms with Crippen molar-refractivity contribution in [1.29, 1.82) is 0 Å². The molecule has 1 rings (SSSR count). The minimum Gasteiger partial charge on any atom is -0.369 e. The van der Waals surface area contributed by atoms with Crippen molar-refractivity contribution in [3.05, 3.63) is 18.2 Å². The molecule has 0 radical (unpaired) electrons. The fourth-order valence-electron chi connectivity index (χ4n) is 1.52. The molecule has 17 heavy (non-hydrogen) atoms. The Morgan fingerprint density at radius 2 is 2.24 bits per heavy atom. The van der Waals surface area contributed by atoms with Gasteiger partial charge < -0.3 is 15.6 Å². The van der Waals surface area contributed by atoms with Gasteiger partial charge in [0.05, 0.1) is 17.4 Å². The van der Waals surface area contributed by atoms with Crippen molar-refractivity contribution in [1.82, 2.24) is 14.9 Å². The Morgan fingerprint density at radius 1 is 1.59 bits per heavy atom. The zero-order chi connectivity index (χ0) is 13.1. The third kappa shape index (κ3) is 3.56. The van der Waals surface area contributed by atoms with Crippen molar-refractivity contribution in [2.75, 3.05) is 6.54 Å². The molecule has 0 aliphatic carbocycles. The number of rotatable bonds is 6. The molecule has 0 spiro atoms. The molecular weight excluding hydrogens is 216 g/mol. The van der Waals surface area contributed by atoms with Crippen LogP contribution in [0.25, 0.3) is 0 Å². The smallest absolute Gasteiger partial charge is 0.224 e. The molecule has 5 heteroatoms. The van der Waals surface area contributed by atoms with Gasteiger partial charge in [-0.15, -0.1) is 0 Å². The van der Waals surface area contributed by atoms with Gasteiger partial charge in [0.2, 0.25) is 5.91 Å². The summed E-state index contributed by atoms with van der Waals surface area (Å²) in [6.45, 7) is 9.14. The van der Waals surface area contributed by atoms with Gasteiger partial charge in [0, 0.05) is 25.3 Å². The second kappa shape index (κ2) is 5.31. The fourth-order valence-corrected chi connectivity index (χ4v) is 1.52. The van der Waals surface area contributed by atoms with Gasteiger partial charge in [0.25, 0.3) is 0 Å². The van der Waals surface area contributed by atoms with Gasteiger partial charge in [-0.05, 0) is 27.7 Å². The average molecular weight is 238 g/mol. The zero-order valence-corrected chi connectivity index (χ0v) is 11.0. The lowest BCUT2D eigenvalue weighted by Crippen LogP contribution is -2.40. The molecule has 0 aliphatic heterocycles. The first-order chi connectivity index (χ1) is 7.84. The number of nitrogens with zero attached hydrogens (tertiary/aromatic N) is 2. The molecule has 0 saturated heterocycles. The molecule has 0 fully saturated rings. The van der Waals surface area contributed by atoms with E-state index in [-0.39, 0.29) is 5.91 Å². The van der Waals surface area contributed by atoms with E-state index in [9.17, 15) is 4.79 Å². The largest absolute Gasteiger partial charge is 0.369 e. The SMILES string of the molecule is CC(C)n1cncc1CNCC(C)(C)C(N)=O. The number of amides is 1. The Morgan fingerprint density at radius 3 is 2.76 bits per heavy atom. The number of imidazole rings is 1. The standard InChI is InChI=1S/C12H22N4O/c1-9(2)16-8-15-6-10(16)5-14-7-12(3,4)11(13)17/h6,8-9,14H,5,7H2,1-4H3,(H2,13,17). The highest BCUT2D eigenvalue weighted by Gasteiger charge is 2.24. The number of primary amides is 1. The molecule has 0 unspecified atom stereocenters.